The molecule has 1 unspecified atom stereocenters. The fraction of sp³-hybridized carbons (Fsp3) is 0.588. The van der Waals surface area contributed by atoms with Gasteiger partial charge in [-0.1, -0.05) is 25.1 Å². The van der Waals surface area contributed by atoms with E-state index in [0.29, 0.717) is 0 Å². The first-order valence-corrected chi connectivity index (χ1v) is 7.38. The molecule has 21 heavy (non-hydrogen) atoms. The van der Waals surface area contributed by atoms with Crippen molar-refractivity contribution >= 4 is 5.91 Å². The zero-order chi connectivity index (χ0) is 16.3. The second-order valence-corrected chi connectivity index (χ2v) is 6.52. The van der Waals surface area contributed by atoms with Gasteiger partial charge in [-0.05, 0) is 40.2 Å². The third-order valence-corrected chi connectivity index (χ3v) is 4.41. The molecule has 0 aliphatic heterocycles. The predicted molar refractivity (Wildman–Crippen MR) is 86.2 cm³/mol. The van der Waals surface area contributed by atoms with Crippen molar-refractivity contribution < 1.29 is 9.53 Å². The second kappa shape index (κ2) is 6.48. The summed E-state index contributed by atoms with van der Waals surface area (Å²) in [5.41, 5.74) is 5.86. The Kier molecular flexibility index (Phi) is 5.40. The molecular formula is C17H28N2O2. The number of carbonyl (C=O) groups excluding carboxylic acids is 1. The molecule has 0 radical (unpaired) electrons. The number of nitrogens with two attached hydrogens (primary N) is 1. The van der Waals surface area contributed by atoms with Crippen LogP contribution in [-0.4, -0.2) is 18.6 Å². The number of amides is 1. The van der Waals surface area contributed by atoms with Gasteiger partial charge in [-0.25, -0.2) is 0 Å². The first kappa shape index (κ1) is 17.5. The number of benzene rings is 1. The van der Waals surface area contributed by atoms with Crippen molar-refractivity contribution in [1.82, 2.24) is 5.32 Å². The van der Waals surface area contributed by atoms with E-state index in [2.05, 4.69) is 5.32 Å². The molecule has 0 fully saturated rings. The molecule has 0 bridgehead atoms. The number of nitrogens with one attached hydrogen (secondary N) is 1. The molecule has 118 valence electrons. The van der Waals surface area contributed by atoms with E-state index in [1.807, 2.05) is 58.9 Å². The highest BCUT2D eigenvalue weighted by Crippen LogP contribution is 2.32. The minimum Gasteiger partial charge on any atom is -0.496 e. The lowest BCUT2D eigenvalue weighted by molar-refractivity contribution is -0.133. The van der Waals surface area contributed by atoms with Gasteiger partial charge in [0.2, 0.25) is 5.91 Å². The minimum absolute atomic E-state index is 0.0484. The molecule has 0 saturated carbocycles. The van der Waals surface area contributed by atoms with Crippen LogP contribution in [0.5, 0.6) is 5.75 Å². The minimum atomic E-state index is -0.664. The standard InChI is InChI=1S/C17H28N2O2/c1-7-13(12-10-8-9-11-14(12)21-6)19-15(20)16(2,3)17(4,5)18/h8-11,13H,7,18H2,1-6H3,(H,19,20). The van der Waals surface area contributed by atoms with Crippen LogP contribution in [-0.2, 0) is 4.79 Å². The van der Waals surface area contributed by atoms with Crippen LogP contribution >= 0.6 is 0 Å². The SMILES string of the molecule is CCC(NC(=O)C(C)(C)C(C)(C)N)c1ccccc1OC. The molecule has 3 N–H and O–H groups in total. The molecule has 4 nitrogen and oxygen atoms in total. The van der Waals surface area contributed by atoms with Crippen molar-refractivity contribution in [2.24, 2.45) is 11.1 Å². The van der Waals surface area contributed by atoms with Crippen molar-refractivity contribution in [2.45, 2.75) is 52.6 Å². The normalized spacial score (nSPS) is 13.7. The van der Waals surface area contributed by atoms with Gasteiger partial charge in [0.05, 0.1) is 18.6 Å². The molecule has 0 aliphatic rings. The lowest BCUT2D eigenvalue weighted by atomic mass is 9.74. The van der Waals surface area contributed by atoms with Crippen LogP contribution in [0.1, 0.15) is 52.6 Å². The predicted octanol–water partition coefficient (Wildman–Crippen LogP) is 3.03. The lowest BCUT2D eigenvalue weighted by Gasteiger charge is -2.38. The second-order valence-electron chi connectivity index (χ2n) is 6.52. The van der Waals surface area contributed by atoms with Crippen molar-refractivity contribution in [3.63, 3.8) is 0 Å². The van der Waals surface area contributed by atoms with E-state index in [0.717, 1.165) is 17.7 Å². The average Bonchev–Trinajstić information content (AvgIpc) is 2.43. The van der Waals surface area contributed by atoms with Gasteiger partial charge in [0.25, 0.3) is 0 Å². The fourth-order valence-electron chi connectivity index (χ4n) is 1.99. The van der Waals surface area contributed by atoms with E-state index < -0.39 is 11.0 Å². The van der Waals surface area contributed by atoms with Gasteiger partial charge in [0, 0.05) is 11.1 Å². The topological polar surface area (TPSA) is 64.4 Å². The van der Waals surface area contributed by atoms with Crippen LogP contribution in [0.2, 0.25) is 0 Å². The number of ether oxygens (including phenoxy) is 1. The Morgan fingerprint density at radius 1 is 1.29 bits per heavy atom. The summed E-state index contributed by atoms with van der Waals surface area (Å²) in [6.07, 6.45) is 0.785. The highest BCUT2D eigenvalue weighted by atomic mass is 16.5. The monoisotopic (exact) mass is 292 g/mol. The number of hydrogen-bond acceptors (Lipinski definition) is 3. The molecule has 0 heterocycles. The Morgan fingerprint density at radius 2 is 1.86 bits per heavy atom. The van der Waals surface area contributed by atoms with Crippen LogP contribution in [0.15, 0.2) is 24.3 Å². The molecule has 0 aromatic heterocycles. The Morgan fingerprint density at radius 3 is 2.33 bits per heavy atom. The van der Waals surface area contributed by atoms with Crippen molar-refractivity contribution in [2.75, 3.05) is 7.11 Å². The van der Waals surface area contributed by atoms with Gasteiger partial charge in [0.15, 0.2) is 0 Å². The van der Waals surface area contributed by atoms with E-state index in [4.69, 9.17) is 10.5 Å². The third-order valence-electron chi connectivity index (χ3n) is 4.41. The Hall–Kier alpha value is -1.55. The summed E-state index contributed by atoms with van der Waals surface area (Å²) in [6.45, 7) is 9.53. The van der Waals surface area contributed by atoms with Crippen LogP contribution in [0.3, 0.4) is 0 Å². The number of para-hydroxylation sites is 1. The number of methoxy groups -OCH3 is 1. The summed E-state index contributed by atoms with van der Waals surface area (Å²) in [4.78, 5) is 12.6. The lowest BCUT2D eigenvalue weighted by Crippen LogP contribution is -2.56. The Labute approximate surface area is 128 Å². The maximum atomic E-state index is 12.6. The zero-order valence-electron chi connectivity index (χ0n) is 14.0. The third kappa shape index (κ3) is 3.76. The van der Waals surface area contributed by atoms with Crippen molar-refractivity contribution in [3.8, 4) is 5.75 Å². The van der Waals surface area contributed by atoms with E-state index in [1.165, 1.54) is 0 Å². The Bertz CT molecular complexity index is 490. The molecule has 0 spiro atoms. The van der Waals surface area contributed by atoms with Gasteiger partial charge < -0.3 is 15.8 Å². The quantitative estimate of drug-likeness (QED) is 0.847. The highest BCUT2D eigenvalue weighted by molar-refractivity contribution is 5.83. The van der Waals surface area contributed by atoms with Crippen LogP contribution in [0.4, 0.5) is 0 Å². The summed E-state index contributed by atoms with van der Waals surface area (Å²) in [7, 11) is 1.64. The first-order valence-electron chi connectivity index (χ1n) is 7.38. The van der Waals surface area contributed by atoms with Gasteiger partial charge in [-0.15, -0.1) is 0 Å². The largest absolute Gasteiger partial charge is 0.496 e. The maximum Gasteiger partial charge on any atom is 0.227 e. The highest BCUT2D eigenvalue weighted by Gasteiger charge is 2.41. The van der Waals surface area contributed by atoms with Gasteiger partial charge >= 0.3 is 0 Å². The van der Waals surface area contributed by atoms with E-state index >= 15 is 0 Å². The van der Waals surface area contributed by atoms with Gasteiger partial charge in [-0.3, -0.25) is 4.79 Å². The summed E-state index contributed by atoms with van der Waals surface area (Å²) in [5, 5.41) is 3.11. The first-order chi connectivity index (χ1) is 9.65. The number of hydrogen-bond donors (Lipinski definition) is 2. The van der Waals surface area contributed by atoms with Gasteiger partial charge in [-0.2, -0.15) is 0 Å². The van der Waals surface area contributed by atoms with Crippen LogP contribution < -0.4 is 15.8 Å². The van der Waals surface area contributed by atoms with E-state index in [9.17, 15) is 4.79 Å². The van der Waals surface area contributed by atoms with E-state index in [1.54, 1.807) is 7.11 Å². The van der Waals surface area contributed by atoms with Crippen molar-refractivity contribution in [3.05, 3.63) is 29.8 Å². The molecule has 1 atom stereocenters. The smallest absolute Gasteiger partial charge is 0.227 e. The molecule has 1 rings (SSSR count). The maximum absolute atomic E-state index is 12.6. The Balaban J connectivity index is 3.01. The molecule has 4 heteroatoms. The fourth-order valence-corrected chi connectivity index (χ4v) is 1.99. The van der Waals surface area contributed by atoms with Gasteiger partial charge in [0.1, 0.15) is 5.75 Å². The summed E-state index contributed by atoms with van der Waals surface area (Å²) >= 11 is 0. The van der Waals surface area contributed by atoms with E-state index in [-0.39, 0.29) is 11.9 Å². The molecular weight excluding hydrogens is 264 g/mol. The van der Waals surface area contributed by atoms with Crippen LogP contribution in [0.25, 0.3) is 0 Å². The zero-order valence-corrected chi connectivity index (χ0v) is 14.0. The number of carbonyl (C=O) groups is 1. The summed E-state index contributed by atoms with van der Waals surface area (Å²) < 4.78 is 5.39. The average molecular weight is 292 g/mol. The molecule has 1 aromatic rings. The molecule has 1 amide bonds. The number of rotatable bonds is 6. The summed E-state index contributed by atoms with van der Waals surface area (Å²) in [5.74, 6) is 0.738. The van der Waals surface area contributed by atoms with Crippen LogP contribution in [0, 0.1) is 5.41 Å². The van der Waals surface area contributed by atoms with Crippen molar-refractivity contribution in [1.29, 1.82) is 0 Å². The molecule has 0 aliphatic carbocycles. The molecule has 1 aromatic carbocycles. The molecule has 0 saturated heterocycles. The summed E-state index contributed by atoms with van der Waals surface area (Å²) in [6, 6.07) is 7.67.